The first-order chi connectivity index (χ1) is 11.1. The van der Waals surface area contributed by atoms with Crippen molar-refractivity contribution >= 4 is 0 Å². The van der Waals surface area contributed by atoms with Gasteiger partial charge in [-0.05, 0) is 50.5 Å². The molecule has 0 fully saturated rings. The average Bonchev–Trinajstić information content (AvgIpc) is 3.12. The zero-order valence-electron chi connectivity index (χ0n) is 13.9. The molecule has 2 heterocycles. The van der Waals surface area contributed by atoms with E-state index in [1.807, 2.05) is 30.5 Å². The Bertz CT molecular complexity index is 799. The molecule has 0 saturated carbocycles. The van der Waals surface area contributed by atoms with Crippen molar-refractivity contribution in [3.8, 4) is 11.4 Å². The Morgan fingerprint density at radius 2 is 2.00 bits per heavy atom. The van der Waals surface area contributed by atoms with E-state index >= 15 is 0 Å². The van der Waals surface area contributed by atoms with Crippen molar-refractivity contribution in [3.63, 3.8) is 0 Å². The van der Waals surface area contributed by atoms with Crippen LogP contribution >= 0.6 is 0 Å². The van der Waals surface area contributed by atoms with Crippen molar-refractivity contribution in [2.24, 2.45) is 0 Å². The lowest BCUT2D eigenvalue weighted by Gasteiger charge is -2.12. The van der Waals surface area contributed by atoms with Gasteiger partial charge < -0.3 is 4.74 Å². The van der Waals surface area contributed by atoms with E-state index in [1.165, 1.54) is 11.1 Å². The van der Waals surface area contributed by atoms with E-state index in [-0.39, 0.29) is 0 Å². The topological polar surface area (TPSA) is 68.6 Å². The van der Waals surface area contributed by atoms with Crippen molar-refractivity contribution in [1.82, 2.24) is 25.0 Å². The number of H-pyrrole nitrogens is 1. The summed E-state index contributed by atoms with van der Waals surface area (Å²) >= 11 is 0. The number of hydrogen-bond donors (Lipinski definition) is 1. The number of methoxy groups -OCH3 is 1. The minimum atomic E-state index is 0.790. The van der Waals surface area contributed by atoms with E-state index in [9.17, 15) is 0 Å². The Labute approximate surface area is 135 Å². The lowest BCUT2D eigenvalue weighted by molar-refractivity contribution is 0.412. The summed E-state index contributed by atoms with van der Waals surface area (Å²) in [6.07, 6.45) is 3.40. The van der Waals surface area contributed by atoms with Gasteiger partial charge in [0.2, 0.25) is 0 Å². The molecule has 1 N–H and O–H groups in total. The van der Waals surface area contributed by atoms with Crippen LogP contribution in [0.25, 0.3) is 5.69 Å². The van der Waals surface area contributed by atoms with Crippen LogP contribution in [0.2, 0.25) is 0 Å². The SMILES string of the molecule is COc1ccc(C)cc1-n1cnnc1CCc1c(C)n[nH]c1C. The molecule has 0 aliphatic rings. The van der Waals surface area contributed by atoms with Gasteiger partial charge in [0.15, 0.2) is 0 Å². The fourth-order valence-electron chi connectivity index (χ4n) is 2.80. The maximum absolute atomic E-state index is 5.48. The number of aromatic amines is 1. The van der Waals surface area contributed by atoms with Crippen molar-refractivity contribution < 1.29 is 4.74 Å². The highest BCUT2D eigenvalue weighted by Gasteiger charge is 2.13. The lowest BCUT2D eigenvalue weighted by Crippen LogP contribution is -2.05. The molecule has 0 bridgehead atoms. The van der Waals surface area contributed by atoms with Crippen molar-refractivity contribution in [2.45, 2.75) is 33.6 Å². The zero-order valence-corrected chi connectivity index (χ0v) is 13.9. The molecule has 0 unspecified atom stereocenters. The molecule has 3 aromatic rings. The van der Waals surface area contributed by atoms with Crippen LogP contribution in [0.1, 0.15) is 28.3 Å². The van der Waals surface area contributed by atoms with Crippen LogP contribution in [0.3, 0.4) is 0 Å². The number of nitrogens with zero attached hydrogens (tertiary/aromatic N) is 4. The van der Waals surface area contributed by atoms with Crippen LogP contribution < -0.4 is 4.74 Å². The Balaban J connectivity index is 1.90. The van der Waals surface area contributed by atoms with E-state index < -0.39 is 0 Å². The first kappa shape index (κ1) is 15.3. The first-order valence-electron chi connectivity index (χ1n) is 7.64. The molecular weight excluding hydrogens is 290 g/mol. The van der Waals surface area contributed by atoms with E-state index in [0.29, 0.717) is 0 Å². The summed E-state index contributed by atoms with van der Waals surface area (Å²) in [7, 11) is 1.68. The number of rotatable bonds is 5. The normalized spacial score (nSPS) is 11.0. The molecule has 0 amide bonds. The minimum Gasteiger partial charge on any atom is -0.495 e. The lowest BCUT2D eigenvalue weighted by atomic mass is 10.1. The maximum Gasteiger partial charge on any atom is 0.142 e. The Morgan fingerprint density at radius 3 is 2.70 bits per heavy atom. The van der Waals surface area contributed by atoms with Gasteiger partial charge in [-0.25, -0.2) is 0 Å². The van der Waals surface area contributed by atoms with Crippen molar-refractivity contribution in [3.05, 3.63) is 52.9 Å². The highest BCUT2D eigenvalue weighted by Crippen LogP contribution is 2.25. The second kappa shape index (κ2) is 6.24. The van der Waals surface area contributed by atoms with Gasteiger partial charge >= 0.3 is 0 Å². The van der Waals surface area contributed by atoms with Crippen LogP contribution in [0.15, 0.2) is 24.5 Å². The van der Waals surface area contributed by atoms with Crippen LogP contribution in [0.5, 0.6) is 5.75 Å². The smallest absolute Gasteiger partial charge is 0.142 e. The molecule has 2 aromatic heterocycles. The second-order valence-corrected chi connectivity index (χ2v) is 5.71. The zero-order chi connectivity index (χ0) is 16.4. The third-order valence-electron chi connectivity index (χ3n) is 4.09. The monoisotopic (exact) mass is 311 g/mol. The summed E-state index contributed by atoms with van der Waals surface area (Å²) < 4.78 is 7.47. The molecular formula is C17H21N5O. The fourth-order valence-corrected chi connectivity index (χ4v) is 2.80. The molecule has 0 saturated heterocycles. The Hall–Kier alpha value is -2.63. The van der Waals surface area contributed by atoms with Gasteiger partial charge in [-0.15, -0.1) is 10.2 Å². The quantitative estimate of drug-likeness (QED) is 0.786. The molecule has 0 aliphatic heterocycles. The van der Waals surface area contributed by atoms with E-state index in [4.69, 9.17) is 4.74 Å². The van der Waals surface area contributed by atoms with Gasteiger partial charge in [0.1, 0.15) is 17.9 Å². The van der Waals surface area contributed by atoms with Gasteiger partial charge in [0, 0.05) is 12.1 Å². The summed E-state index contributed by atoms with van der Waals surface area (Å²) in [5, 5.41) is 15.6. The van der Waals surface area contributed by atoms with E-state index in [2.05, 4.69) is 33.4 Å². The van der Waals surface area contributed by atoms with Crippen LogP contribution in [0, 0.1) is 20.8 Å². The average molecular weight is 311 g/mol. The molecule has 6 nitrogen and oxygen atoms in total. The van der Waals surface area contributed by atoms with Gasteiger partial charge in [-0.1, -0.05) is 6.07 Å². The van der Waals surface area contributed by atoms with Crippen molar-refractivity contribution in [2.75, 3.05) is 7.11 Å². The third-order valence-corrected chi connectivity index (χ3v) is 4.09. The number of aryl methyl sites for hydroxylation is 4. The number of aromatic nitrogens is 5. The van der Waals surface area contributed by atoms with Gasteiger partial charge in [0.25, 0.3) is 0 Å². The number of benzene rings is 1. The highest BCUT2D eigenvalue weighted by molar-refractivity contribution is 5.49. The molecule has 6 heteroatoms. The van der Waals surface area contributed by atoms with Crippen LogP contribution in [0.4, 0.5) is 0 Å². The summed E-state index contributed by atoms with van der Waals surface area (Å²) in [4.78, 5) is 0. The molecule has 0 atom stereocenters. The van der Waals surface area contributed by atoms with Gasteiger partial charge in [0.05, 0.1) is 18.5 Å². The second-order valence-electron chi connectivity index (χ2n) is 5.71. The minimum absolute atomic E-state index is 0.790. The third kappa shape index (κ3) is 2.97. The fraction of sp³-hybridized carbons (Fsp3) is 0.353. The summed E-state index contributed by atoms with van der Waals surface area (Å²) in [5.74, 6) is 1.72. The standard InChI is InChI=1S/C17H21N5O/c1-11-5-7-16(23-4)15(9-11)22-10-18-21-17(22)8-6-14-12(2)19-20-13(14)3/h5,7,9-10H,6,8H2,1-4H3,(H,19,20). The predicted octanol–water partition coefficient (Wildman–Crippen LogP) is 2.71. The van der Waals surface area contributed by atoms with Gasteiger partial charge in [-0.2, -0.15) is 5.10 Å². The molecule has 0 aliphatic carbocycles. The maximum atomic E-state index is 5.48. The Morgan fingerprint density at radius 1 is 1.17 bits per heavy atom. The number of nitrogens with one attached hydrogen (secondary N) is 1. The largest absolute Gasteiger partial charge is 0.495 e. The van der Waals surface area contributed by atoms with E-state index in [0.717, 1.165) is 41.5 Å². The molecule has 1 aromatic carbocycles. The molecule has 0 spiro atoms. The number of hydrogen-bond acceptors (Lipinski definition) is 4. The molecule has 0 radical (unpaired) electrons. The first-order valence-corrected chi connectivity index (χ1v) is 7.64. The van der Waals surface area contributed by atoms with E-state index in [1.54, 1.807) is 13.4 Å². The summed E-state index contributed by atoms with van der Waals surface area (Å²) in [5.41, 5.74) is 5.54. The summed E-state index contributed by atoms with van der Waals surface area (Å²) in [6.45, 7) is 6.13. The van der Waals surface area contributed by atoms with Crippen molar-refractivity contribution in [1.29, 1.82) is 0 Å². The highest BCUT2D eigenvalue weighted by atomic mass is 16.5. The molecule has 120 valence electrons. The Kier molecular flexibility index (Phi) is 4.14. The summed E-state index contributed by atoms with van der Waals surface area (Å²) in [6, 6.07) is 6.09. The van der Waals surface area contributed by atoms with Crippen LogP contribution in [-0.4, -0.2) is 32.1 Å². The number of ether oxygens (including phenoxy) is 1. The molecule has 23 heavy (non-hydrogen) atoms. The van der Waals surface area contributed by atoms with Gasteiger partial charge in [-0.3, -0.25) is 9.67 Å². The molecule has 3 rings (SSSR count). The predicted molar refractivity (Wildman–Crippen MR) is 88.1 cm³/mol. The van der Waals surface area contributed by atoms with Crippen LogP contribution in [-0.2, 0) is 12.8 Å².